The molecule has 0 bridgehead atoms. The Morgan fingerprint density at radius 2 is 2.00 bits per heavy atom. The standard InChI is InChI=1S/C13H17N3O4/c1-8-6-15(7-9(2)20-8)12-4-3-10(16(18)19)5-11(12)13(14)17/h3-5,8-9H,6-7H2,1-2H3,(H2,14,17)/t8-,9-/m0/s1. The zero-order valence-electron chi connectivity index (χ0n) is 11.4. The summed E-state index contributed by atoms with van der Waals surface area (Å²) in [6.45, 7) is 5.11. The third-order valence-corrected chi connectivity index (χ3v) is 3.22. The number of benzene rings is 1. The lowest BCUT2D eigenvalue weighted by atomic mass is 10.1. The Balaban J connectivity index is 2.40. The molecule has 0 saturated carbocycles. The van der Waals surface area contributed by atoms with E-state index in [-0.39, 0.29) is 23.5 Å². The van der Waals surface area contributed by atoms with Crippen molar-refractivity contribution in [2.24, 2.45) is 5.73 Å². The van der Waals surface area contributed by atoms with Gasteiger partial charge < -0.3 is 15.4 Å². The number of rotatable bonds is 3. The number of hydrogen-bond donors (Lipinski definition) is 1. The van der Waals surface area contributed by atoms with Gasteiger partial charge in [0.25, 0.3) is 11.6 Å². The molecule has 1 aromatic carbocycles. The van der Waals surface area contributed by atoms with Crippen LogP contribution in [0.2, 0.25) is 0 Å². The predicted molar refractivity (Wildman–Crippen MR) is 73.8 cm³/mol. The SMILES string of the molecule is C[C@H]1CN(c2ccc([N+](=O)[O-])cc2C(N)=O)C[C@H](C)O1. The molecule has 20 heavy (non-hydrogen) atoms. The molecule has 7 heteroatoms. The van der Waals surface area contributed by atoms with Crippen molar-refractivity contribution in [3.05, 3.63) is 33.9 Å². The summed E-state index contributed by atoms with van der Waals surface area (Å²) in [5.41, 5.74) is 5.98. The van der Waals surface area contributed by atoms with Gasteiger partial charge in [-0.1, -0.05) is 0 Å². The topological polar surface area (TPSA) is 98.7 Å². The molecule has 108 valence electrons. The number of carbonyl (C=O) groups is 1. The Labute approximate surface area is 116 Å². The minimum Gasteiger partial charge on any atom is -0.372 e. The Morgan fingerprint density at radius 3 is 2.50 bits per heavy atom. The van der Waals surface area contributed by atoms with Gasteiger partial charge in [0.2, 0.25) is 0 Å². The number of nitro benzene ring substituents is 1. The lowest BCUT2D eigenvalue weighted by molar-refractivity contribution is -0.384. The molecule has 0 aromatic heterocycles. The van der Waals surface area contributed by atoms with E-state index < -0.39 is 10.8 Å². The fourth-order valence-corrected chi connectivity index (χ4v) is 2.49. The van der Waals surface area contributed by atoms with Crippen LogP contribution in [-0.2, 0) is 4.74 Å². The maximum Gasteiger partial charge on any atom is 0.270 e. The Kier molecular flexibility index (Phi) is 3.89. The first kappa shape index (κ1) is 14.3. The largest absolute Gasteiger partial charge is 0.372 e. The van der Waals surface area contributed by atoms with Crippen LogP contribution in [0.1, 0.15) is 24.2 Å². The van der Waals surface area contributed by atoms with Crippen LogP contribution in [0.4, 0.5) is 11.4 Å². The fourth-order valence-electron chi connectivity index (χ4n) is 2.49. The van der Waals surface area contributed by atoms with E-state index in [4.69, 9.17) is 10.5 Å². The lowest BCUT2D eigenvalue weighted by Crippen LogP contribution is -2.46. The number of anilines is 1. The number of amides is 1. The zero-order chi connectivity index (χ0) is 14.9. The Morgan fingerprint density at radius 1 is 1.40 bits per heavy atom. The number of carbonyl (C=O) groups excluding carboxylic acids is 1. The van der Waals surface area contributed by atoms with E-state index in [9.17, 15) is 14.9 Å². The van der Waals surface area contributed by atoms with Crippen molar-refractivity contribution < 1.29 is 14.5 Å². The molecular weight excluding hydrogens is 262 g/mol. The van der Waals surface area contributed by atoms with Gasteiger partial charge in [0, 0.05) is 25.2 Å². The van der Waals surface area contributed by atoms with E-state index in [1.54, 1.807) is 6.07 Å². The van der Waals surface area contributed by atoms with E-state index in [0.29, 0.717) is 18.8 Å². The molecule has 1 heterocycles. The summed E-state index contributed by atoms with van der Waals surface area (Å²) in [5.74, 6) is -0.671. The number of non-ortho nitro benzene ring substituents is 1. The van der Waals surface area contributed by atoms with Gasteiger partial charge in [-0.25, -0.2) is 0 Å². The van der Waals surface area contributed by atoms with Crippen LogP contribution < -0.4 is 10.6 Å². The summed E-state index contributed by atoms with van der Waals surface area (Å²) in [7, 11) is 0. The van der Waals surface area contributed by atoms with Crippen molar-refractivity contribution in [3.63, 3.8) is 0 Å². The maximum atomic E-state index is 11.5. The first-order valence-corrected chi connectivity index (χ1v) is 6.37. The number of hydrogen-bond acceptors (Lipinski definition) is 5. The zero-order valence-corrected chi connectivity index (χ0v) is 11.4. The number of nitrogens with zero attached hydrogens (tertiary/aromatic N) is 2. The molecule has 1 fully saturated rings. The van der Waals surface area contributed by atoms with Gasteiger partial charge in [0.1, 0.15) is 0 Å². The molecule has 0 radical (unpaired) electrons. The molecule has 1 saturated heterocycles. The van der Waals surface area contributed by atoms with Crippen LogP contribution in [0.15, 0.2) is 18.2 Å². The van der Waals surface area contributed by atoms with Gasteiger partial charge >= 0.3 is 0 Å². The predicted octanol–water partition coefficient (Wildman–Crippen LogP) is 1.31. The van der Waals surface area contributed by atoms with Gasteiger partial charge in [-0.3, -0.25) is 14.9 Å². The molecule has 2 rings (SSSR count). The molecule has 2 atom stereocenters. The summed E-state index contributed by atoms with van der Waals surface area (Å²) < 4.78 is 5.63. The Hall–Kier alpha value is -2.15. The summed E-state index contributed by atoms with van der Waals surface area (Å²) in [6, 6.07) is 4.18. The van der Waals surface area contributed by atoms with Crippen LogP contribution in [0.5, 0.6) is 0 Å². The van der Waals surface area contributed by atoms with Crippen molar-refractivity contribution in [1.29, 1.82) is 0 Å². The van der Waals surface area contributed by atoms with Gasteiger partial charge in [-0.15, -0.1) is 0 Å². The second kappa shape index (κ2) is 5.46. The molecule has 0 unspecified atom stereocenters. The van der Waals surface area contributed by atoms with E-state index >= 15 is 0 Å². The van der Waals surface area contributed by atoms with Crippen LogP contribution >= 0.6 is 0 Å². The number of primary amides is 1. The third kappa shape index (κ3) is 2.88. The fraction of sp³-hybridized carbons (Fsp3) is 0.462. The number of nitrogens with two attached hydrogens (primary N) is 1. The molecule has 2 N–H and O–H groups in total. The quantitative estimate of drug-likeness (QED) is 0.664. The minimum atomic E-state index is -0.671. The van der Waals surface area contributed by atoms with Crippen molar-refractivity contribution in [1.82, 2.24) is 0 Å². The molecule has 1 amide bonds. The average molecular weight is 279 g/mol. The highest BCUT2D eigenvalue weighted by molar-refractivity contribution is 5.99. The van der Waals surface area contributed by atoms with Crippen molar-refractivity contribution in [2.45, 2.75) is 26.1 Å². The van der Waals surface area contributed by atoms with E-state index in [1.807, 2.05) is 18.7 Å². The maximum absolute atomic E-state index is 11.5. The first-order chi connectivity index (χ1) is 9.38. The van der Waals surface area contributed by atoms with E-state index in [1.165, 1.54) is 12.1 Å². The van der Waals surface area contributed by atoms with E-state index in [2.05, 4.69) is 0 Å². The second-order valence-corrected chi connectivity index (χ2v) is 4.99. The van der Waals surface area contributed by atoms with Crippen molar-refractivity contribution >= 4 is 17.3 Å². The highest BCUT2D eigenvalue weighted by Gasteiger charge is 2.26. The molecule has 0 aliphatic carbocycles. The highest BCUT2D eigenvalue weighted by Crippen LogP contribution is 2.27. The molecule has 7 nitrogen and oxygen atoms in total. The molecular formula is C13H17N3O4. The molecule has 1 aliphatic heterocycles. The molecule has 0 spiro atoms. The number of nitro groups is 1. The number of ether oxygens (including phenoxy) is 1. The Bertz CT molecular complexity index is 536. The highest BCUT2D eigenvalue weighted by atomic mass is 16.6. The second-order valence-electron chi connectivity index (χ2n) is 4.99. The molecule has 1 aromatic rings. The van der Waals surface area contributed by atoms with E-state index in [0.717, 1.165) is 0 Å². The van der Waals surface area contributed by atoms with Gasteiger partial charge in [0.15, 0.2) is 0 Å². The molecule has 1 aliphatic rings. The summed E-state index contributed by atoms with van der Waals surface area (Å²) in [6.07, 6.45) is 0.0457. The van der Waals surface area contributed by atoms with Crippen LogP contribution in [0.3, 0.4) is 0 Å². The summed E-state index contributed by atoms with van der Waals surface area (Å²) in [5, 5.41) is 10.8. The minimum absolute atomic E-state index is 0.0228. The third-order valence-electron chi connectivity index (χ3n) is 3.22. The first-order valence-electron chi connectivity index (χ1n) is 6.37. The van der Waals surface area contributed by atoms with Crippen molar-refractivity contribution in [3.8, 4) is 0 Å². The van der Waals surface area contributed by atoms with Crippen molar-refractivity contribution in [2.75, 3.05) is 18.0 Å². The van der Waals surface area contributed by atoms with Crippen LogP contribution in [0.25, 0.3) is 0 Å². The normalized spacial score (nSPS) is 22.6. The van der Waals surface area contributed by atoms with Gasteiger partial charge in [-0.2, -0.15) is 0 Å². The van der Waals surface area contributed by atoms with Gasteiger partial charge in [-0.05, 0) is 19.9 Å². The van der Waals surface area contributed by atoms with Crippen LogP contribution in [-0.4, -0.2) is 36.1 Å². The summed E-state index contributed by atoms with van der Waals surface area (Å²) in [4.78, 5) is 23.8. The lowest BCUT2D eigenvalue weighted by Gasteiger charge is -2.37. The number of morpholine rings is 1. The van der Waals surface area contributed by atoms with Crippen LogP contribution in [0, 0.1) is 10.1 Å². The van der Waals surface area contributed by atoms with Gasteiger partial charge in [0.05, 0.1) is 28.4 Å². The monoisotopic (exact) mass is 279 g/mol. The average Bonchev–Trinajstić information content (AvgIpc) is 2.36. The summed E-state index contributed by atoms with van der Waals surface area (Å²) >= 11 is 0. The smallest absolute Gasteiger partial charge is 0.270 e.